The fraction of sp³-hybridized carbons (Fsp3) is 0.450. The summed E-state index contributed by atoms with van der Waals surface area (Å²) < 4.78 is 10.1. The Morgan fingerprint density at radius 2 is 1.86 bits per heavy atom. The molecule has 1 aliphatic rings. The predicted molar refractivity (Wildman–Crippen MR) is 108 cm³/mol. The largest absolute Gasteiger partial charge is 0.497 e. The van der Waals surface area contributed by atoms with Gasteiger partial charge in [-0.15, -0.1) is 0 Å². The molecule has 0 bridgehead atoms. The van der Waals surface area contributed by atoms with Gasteiger partial charge in [-0.05, 0) is 43.0 Å². The summed E-state index contributed by atoms with van der Waals surface area (Å²) in [6, 6.07) is 6.69. The van der Waals surface area contributed by atoms with Gasteiger partial charge < -0.3 is 20.5 Å². The first kappa shape index (κ1) is 20.1. The molecule has 1 heterocycles. The average molecular weight is 404 g/mol. The number of thiazole rings is 1. The molecule has 0 radical (unpaired) electrons. The first-order valence-corrected chi connectivity index (χ1v) is 10.1. The lowest BCUT2D eigenvalue weighted by atomic mass is 9.84. The summed E-state index contributed by atoms with van der Waals surface area (Å²) in [4.78, 5) is 29.5. The third-order valence-corrected chi connectivity index (χ3v) is 6.00. The number of carbonyl (C=O) groups is 2. The molecule has 3 rings (SSSR count). The molecule has 0 spiro atoms. The van der Waals surface area contributed by atoms with Gasteiger partial charge in [0.1, 0.15) is 21.8 Å². The minimum Gasteiger partial charge on any atom is -0.497 e. The van der Waals surface area contributed by atoms with Crippen molar-refractivity contribution in [2.24, 2.45) is 5.92 Å². The van der Waals surface area contributed by atoms with E-state index < -0.39 is 17.9 Å². The number of anilines is 1. The van der Waals surface area contributed by atoms with Crippen LogP contribution < -0.4 is 15.8 Å². The van der Waals surface area contributed by atoms with Crippen LogP contribution in [0.5, 0.6) is 5.75 Å². The van der Waals surface area contributed by atoms with Crippen LogP contribution in [-0.4, -0.2) is 37.1 Å². The number of benzene rings is 1. The number of nitrogens with two attached hydrogens (primary N) is 1. The summed E-state index contributed by atoms with van der Waals surface area (Å²) >= 11 is 1.23. The molecule has 7 nitrogen and oxygen atoms in total. The Morgan fingerprint density at radius 3 is 2.46 bits per heavy atom. The predicted octanol–water partition coefficient (Wildman–Crippen LogP) is 3.25. The number of amides is 1. The van der Waals surface area contributed by atoms with Crippen molar-refractivity contribution in [1.29, 1.82) is 0 Å². The molecule has 1 atom stereocenters. The average Bonchev–Trinajstić information content (AvgIpc) is 3.13. The van der Waals surface area contributed by atoms with E-state index in [2.05, 4.69) is 10.3 Å². The number of nitrogens with one attached hydrogen (secondary N) is 1. The molecule has 0 aliphatic heterocycles. The van der Waals surface area contributed by atoms with Crippen molar-refractivity contribution in [1.82, 2.24) is 10.3 Å². The van der Waals surface area contributed by atoms with Crippen LogP contribution in [0, 0.1) is 5.92 Å². The number of hydrogen-bond acceptors (Lipinski definition) is 7. The van der Waals surface area contributed by atoms with Crippen molar-refractivity contribution in [2.75, 3.05) is 20.0 Å². The number of nitrogens with zero attached hydrogens (tertiary/aromatic N) is 1. The number of carbonyl (C=O) groups excluding carboxylic acids is 2. The van der Waals surface area contributed by atoms with Gasteiger partial charge in [0.25, 0.3) is 5.91 Å². The Morgan fingerprint density at radius 1 is 1.18 bits per heavy atom. The normalized spacial score (nSPS) is 15.6. The lowest BCUT2D eigenvalue weighted by molar-refractivity contribution is -0.144. The van der Waals surface area contributed by atoms with Crippen LogP contribution in [0.3, 0.4) is 0 Å². The maximum Gasteiger partial charge on any atom is 0.328 e. The van der Waals surface area contributed by atoms with Gasteiger partial charge in [0.05, 0.1) is 14.2 Å². The molecule has 28 heavy (non-hydrogen) atoms. The van der Waals surface area contributed by atoms with Crippen molar-refractivity contribution >= 4 is 28.2 Å². The van der Waals surface area contributed by atoms with Gasteiger partial charge in [0, 0.05) is 5.56 Å². The highest BCUT2D eigenvalue weighted by Crippen LogP contribution is 2.32. The van der Waals surface area contributed by atoms with Crippen molar-refractivity contribution in [3.8, 4) is 16.3 Å². The molecule has 3 N–H and O–H groups in total. The molecule has 1 amide bonds. The first-order valence-electron chi connectivity index (χ1n) is 9.33. The molecular weight excluding hydrogens is 378 g/mol. The SMILES string of the molecule is COC(=O)[C@@H](NC(=O)c1nc(-c2ccc(OC)cc2)sc1N)C1CCCCC1. The number of rotatable bonds is 6. The smallest absolute Gasteiger partial charge is 0.328 e. The van der Waals surface area contributed by atoms with Crippen LogP contribution in [0.2, 0.25) is 0 Å². The Hall–Kier alpha value is -2.61. The summed E-state index contributed by atoms with van der Waals surface area (Å²) in [6.07, 6.45) is 5.04. The topological polar surface area (TPSA) is 104 Å². The zero-order valence-corrected chi connectivity index (χ0v) is 16.9. The van der Waals surface area contributed by atoms with Crippen LogP contribution in [0.1, 0.15) is 42.6 Å². The number of aromatic nitrogens is 1. The highest BCUT2D eigenvalue weighted by atomic mass is 32.1. The number of methoxy groups -OCH3 is 2. The van der Waals surface area contributed by atoms with Crippen molar-refractivity contribution < 1.29 is 19.1 Å². The lowest BCUT2D eigenvalue weighted by Crippen LogP contribution is -2.47. The molecule has 2 aromatic rings. The van der Waals surface area contributed by atoms with Gasteiger partial charge in [-0.25, -0.2) is 9.78 Å². The highest BCUT2D eigenvalue weighted by Gasteiger charge is 2.33. The minimum absolute atomic E-state index is 0.0751. The zero-order chi connectivity index (χ0) is 20.1. The molecule has 1 aromatic heterocycles. The Balaban J connectivity index is 1.78. The summed E-state index contributed by atoms with van der Waals surface area (Å²) in [5.41, 5.74) is 7.03. The molecule has 1 saturated carbocycles. The van der Waals surface area contributed by atoms with E-state index in [9.17, 15) is 9.59 Å². The second-order valence-corrected chi connectivity index (χ2v) is 7.86. The third-order valence-electron chi connectivity index (χ3n) is 5.07. The number of esters is 1. The van der Waals surface area contributed by atoms with E-state index in [1.807, 2.05) is 24.3 Å². The van der Waals surface area contributed by atoms with Crippen LogP contribution in [0.4, 0.5) is 5.00 Å². The zero-order valence-electron chi connectivity index (χ0n) is 16.1. The van der Waals surface area contributed by atoms with Crippen molar-refractivity contribution in [3.63, 3.8) is 0 Å². The molecule has 1 aliphatic carbocycles. The van der Waals surface area contributed by atoms with E-state index in [0.717, 1.165) is 43.4 Å². The second kappa shape index (κ2) is 9.05. The van der Waals surface area contributed by atoms with Gasteiger partial charge in [0.15, 0.2) is 5.69 Å². The molecule has 0 unspecified atom stereocenters. The third kappa shape index (κ3) is 4.44. The molecule has 1 fully saturated rings. The lowest BCUT2D eigenvalue weighted by Gasteiger charge is -2.28. The van der Waals surface area contributed by atoms with Crippen molar-refractivity contribution in [2.45, 2.75) is 38.1 Å². The van der Waals surface area contributed by atoms with E-state index in [-0.39, 0.29) is 11.6 Å². The maximum absolute atomic E-state index is 12.8. The fourth-order valence-corrected chi connectivity index (χ4v) is 4.36. The summed E-state index contributed by atoms with van der Waals surface area (Å²) in [7, 11) is 2.94. The Bertz CT molecular complexity index is 828. The molecule has 0 saturated heterocycles. The Labute approximate surface area is 168 Å². The molecular formula is C20H25N3O4S. The monoisotopic (exact) mass is 403 g/mol. The Kier molecular flexibility index (Phi) is 6.51. The molecule has 8 heteroatoms. The number of ether oxygens (including phenoxy) is 2. The second-order valence-electron chi connectivity index (χ2n) is 6.83. The highest BCUT2D eigenvalue weighted by molar-refractivity contribution is 7.19. The maximum atomic E-state index is 12.8. The van der Waals surface area contributed by atoms with Crippen molar-refractivity contribution in [3.05, 3.63) is 30.0 Å². The first-order chi connectivity index (χ1) is 13.5. The summed E-state index contributed by atoms with van der Waals surface area (Å²) in [6.45, 7) is 0. The van der Waals surface area contributed by atoms with Gasteiger partial charge in [-0.3, -0.25) is 4.79 Å². The molecule has 150 valence electrons. The molecule has 1 aromatic carbocycles. The van der Waals surface area contributed by atoms with Gasteiger partial charge in [-0.1, -0.05) is 30.6 Å². The van der Waals surface area contributed by atoms with E-state index >= 15 is 0 Å². The summed E-state index contributed by atoms with van der Waals surface area (Å²) in [5.74, 6) is -0.0652. The van der Waals surface area contributed by atoms with Gasteiger partial charge in [0.2, 0.25) is 0 Å². The minimum atomic E-state index is -0.677. The van der Waals surface area contributed by atoms with Crippen LogP contribution in [0.25, 0.3) is 10.6 Å². The van der Waals surface area contributed by atoms with Gasteiger partial charge in [-0.2, -0.15) is 0 Å². The van der Waals surface area contributed by atoms with Crippen LogP contribution in [0.15, 0.2) is 24.3 Å². The number of nitrogen functional groups attached to an aromatic ring is 1. The van der Waals surface area contributed by atoms with Crippen LogP contribution >= 0.6 is 11.3 Å². The van der Waals surface area contributed by atoms with Gasteiger partial charge >= 0.3 is 5.97 Å². The van der Waals surface area contributed by atoms with Crippen LogP contribution in [-0.2, 0) is 9.53 Å². The van der Waals surface area contributed by atoms with E-state index in [4.69, 9.17) is 15.2 Å². The van der Waals surface area contributed by atoms with E-state index in [1.165, 1.54) is 18.4 Å². The number of hydrogen-bond donors (Lipinski definition) is 2. The van der Waals surface area contributed by atoms with E-state index in [0.29, 0.717) is 10.0 Å². The quantitative estimate of drug-likeness (QED) is 0.718. The van der Waals surface area contributed by atoms with E-state index in [1.54, 1.807) is 7.11 Å². The standard InChI is InChI=1S/C20H25N3O4S/c1-26-14-10-8-13(9-11-14)19-23-16(17(21)28-19)18(24)22-15(20(25)27-2)12-6-4-3-5-7-12/h8-12,15H,3-7,21H2,1-2H3,(H,22,24)/t15-/m0/s1. The fourth-order valence-electron chi connectivity index (χ4n) is 3.52. The summed E-state index contributed by atoms with van der Waals surface area (Å²) in [5, 5.41) is 3.76.